The molecule has 8 heteroatoms. The Bertz CT molecular complexity index is 861. The summed E-state index contributed by atoms with van der Waals surface area (Å²) in [6.07, 6.45) is 0. The van der Waals surface area contributed by atoms with Crippen molar-refractivity contribution in [3.63, 3.8) is 0 Å². The zero-order chi connectivity index (χ0) is 16.4. The van der Waals surface area contributed by atoms with Crippen molar-refractivity contribution in [2.24, 2.45) is 0 Å². The van der Waals surface area contributed by atoms with Crippen molar-refractivity contribution in [3.8, 4) is 22.8 Å². The van der Waals surface area contributed by atoms with Crippen molar-refractivity contribution in [2.75, 3.05) is 0 Å². The van der Waals surface area contributed by atoms with Gasteiger partial charge < -0.3 is 5.11 Å². The molecule has 7 nitrogen and oxygen atoms in total. The molecule has 0 saturated carbocycles. The molecule has 0 fully saturated rings. The lowest BCUT2D eigenvalue weighted by atomic mass is 10.1. The standard InChI is InChI=1S/C15H11ClN4O3/c16-11-4-1-10(8-21)13(7-11)15-17-14(18-19-15)9-2-5-12(6-3-9)20(22)23/h1-7,21H,8H2,(H,17,18,19). The number of H-pyrrole nitrogens is 1. The quantitative estimate of drug-likeness (QED) is 0.564. The smallest absolute Gasteiger partial charge is 0.269 e. The van der Waals surface area contributed by atoms with Gasteiger partial charge in [-0.15, -0.1) is 0 Å². The van der Waals surface area contributed by atoms with Crippen LogP contribution in [-0.2, 0) is 6.61 Å². The van der Waals surface area contributed by atoms with Gasteiger partial charge in [-0.1, -0.05) is 17.7 Å². The van der Waals surface area contributed by atoms with E-state index in [1.165, 1.54) is 12.1 Å². The summed E-state index contributed by atoms with van der Waals surface area (Å²) in [5.74, 6) is 0.865. The first-order chi connectivity index (χ1) is 11.1. The Balaban J connectivity index is 1.97. The van der Waals surface area contributed by atoms with Gasteiger partial charge in [0.15, 0.2) is 11.6 Å². The highest BCUT2D eigenvalue weighted by molar-refractivity contribution is 6.30. The van der Waals surface area contributed by atoms with E-state index in [1.54, 1.807) is 30.3 Å². The summed E-state index contributed by atoms with van der Waals surface area (Å²) in [7, 11) is 0. The van der Waals surface area contributed by atoms with Crippen LogP contribution in [0.3, 0.4) is 0 Å². The van der Waals surface area contributed by atoms with Crippen LogP contribution in [0, 0.1) is 10.1 Å². The number of benzene rings is 2. The fourth-order valence-corrected chi connectivity index (χ4v) is 2.32. The molecule has 0 aliphatic carbocycles. The number of halogens is 1. The maximum atomic E-state index is 10.7. The highest BCUT2D eigenvalue weighted by Crippen LogP contribution is 2.27. The molecular formula is C15H11ClN4O3. The number of nitro benzene ring substituents is 1. The van der Waals surface area contributed by atoms with Gasteiger partial charge in [-0.05, 0) is 29.8 Å². The van der Waals surface area contributed by atoms with Gasteiger partial charge in [0, 0.05) is 28.3 Å². The molecule has 0 amide bonds. The third-order valence-corrected chi connectivity index (χ3v) is 3.55. The molecule has 0 atom stereocenters. The minimum atomic E-state index is -0.466. The van der Waals surface area contributed by atoms with Gasteiger partial charge in [0.25, 0.3) is 5.69 Å². The molecule has 23 heavy (non-hydrogen) atoms. The fraction of sp³-hybridized carbons (Fsp3) is 0.0667. The summed E-state index contributed by atoms with van der Waals surface area (Å²) in [5, 5.41) is 27.5. The average Bonchev–Trinajstić information content (AvgIpc) is 3.04. The Morgan fingerprint density at radius 2 is 1.96 bits per heavy atom. The van der Waals surface area contributed by atoms with Gasteiger partial charge in [0.05, 0.1) is 11.5 Å². The molecule has 3 aromatic rings. The zero-order valence-corrected chi connectivity index (χ0v) is 12.5. The maximum Gasteiger partial charge on any atom is 0.269 e. The van der Waals surface area contributed by atoms with Crippen LogP contribution in [0.2, 0.25) is 5.02 Å². The van der Waals surface area contributed by atoms with Crippen LogP contribution in [-0.4, -0.2) is 25.2 Å². The summed E-state index contributed by atoms with van der Waals surface area (Å²) in [6.45, 7) is -0.153. The molecule has 116 valence electrons. The van der Waals surface area contributed by atoms with Crippen LogP contribution >= 0.6 is 11.6 Å². The number of nitro groups is 1. The molecule has 0 aliphatic rings. The van der Waals surface area contributed by atoms with Gasteiger partial charge in [0.1, 0.15) is 0 Å². The van der Waals surface area contributed by atoms with Gasteiger partial charge in [-0.3, -0.25) is 15.2 Å². The first kappa shape index (κ1) is 15.1. The summed E-state index contributed by atoms with van der Waals surface area (Å²) in [4.78, 5) is 14.6. The maximum absolute atomic E-state index is 10.7. The summed E-state index contributed by atoms with van der Waals surface area (Å²) >= 11 is 5.99. The Labute approximate surface area is 135 Å². The largest absolute Gasteiger partial charge is 0.392 e. The number of hydrogen-bond acceptors (Lipinski definition) is 5. The minimum absolute atomic E-state index is 0.00178. The number of nitrogens with one attached hydrogen (secondary N) is 1. The van der Waals surface area contributed by atoms with Crippen LogP contribution in [0.4, 0.5) is 5.69 Å². The average molecular weight is 331 g/mol. The van der Waals surface area contributed by atoms with E-state index >= 15 is 0 Å². The summed E-state index contributed by atoms with van der Waals surface area (Å²) in [6, 6.07) is 11.0. The van der Waals surface area contributed by atoms with Crippen molar-refractivity contribution in [2.45, 2.75) is 6.61 Å². The van der Waals surface area contributed by atoms with E-state index in [0.29, 0.717) is 33.4 Å². The van der Waals surface area contributed by atoms with Gasteiger partial charge >= 0.3 is 0 Å². The number of hydrogen-bond donors (Lipinski definition) is 2. The molecule has 1 aromatic heterocycles. The van der Waals surface area contributed by atoms with E-state index in [9.17, 15) is 15.2 Å². The topological polar surface area (TPSA) is 105 Å². The Kier molecular flexibility index (Phi) is 4.05. The molecule has 3 rings (SSSR count). The molecule has 0 spiro atoms. The normalized spacial score (nSPS) is 10.7. The first-order valence-corrected chi connectivity index (χ1v) is 7.03. The fourth-order valence-electron chi connectivity index (χ4n) is 2.15. The minimum Gasteiger partial charge on any atom is -0.392 e. The SMILES string of the molecule is O=[N+]([O-])c1ccc(-c2n[nH]c(-c3cc(Cl)ccc3CO)n2)cc1. The zero-order valence-electron chi connectivity index (χ0n) is 11.7. The van der Waals surface area contributed by atoms with Crippen molar-refractivity contribution in [1.29, 1.82) is 0 Å². The van der Waals surface area contributed by atoms with Crippen LogP contribution in [0.1, 0.15) is 5.56 Å². The third kappa shape index (κ3) is 3.05. The van der Waals surface area contributed by atoms with E-state index in [-0.39, 0.29) is 12.3 Å². The second kappa shape index (κ2) is 6.15. The van der Waals surface area contributed by atoms with Crippen LogP contribution in [0.25, 0.3) is 22.8 Å². The summed E-state index contributed by atoms with van der Waals surface area (Å²) in [5.41, 5.74) is 1.97. The molecule has 0 unspecified atom stereocenters. The van der Waals surface area contributed by atoms with Crippen molar-refractivity contribution in [1.82, 2.24) is 15.2 Å². The predicted molar refractivity (Wildman–Crippen MR) is 84.8 cm³/mol. The van der Waals surface area contributed by atoms with E-state index in [1.807, 2.05) is 0 Å². The number of nitrogens with zero attached hydrogens (tertiary/aromatic N) is 3. The highest BCUT2D eigenvalue weighted by Gasteiger charge is 2.13. The molecule has 2 N–H and O–H groups in total. The van der Waals surface area contributed by atoms with Gasteiger partial charge in [-0.25, -0.2) is 4.98 Å². The highest BCUT2D eigenvalue weighted by atomic mass is 35.5. The molecule has 0 aliphatic heterocycles. The Morgan fingerprint density at radius 3 is 2.61 bits per heavy atom. The number of aliphatic hydroxyl groups is 1. The lowest BCUT2D eigenvalue weighted by Gasteiger charge is -2.04. The van der Waals surface area contributed by atoms with Crippen molar-refractivity contribution >= 4 is 17.3 Å². The Hall–Kier alpha value is -2.77. The van der Waals surface area contributed by atoms with E-state index in [4.69, 9.17) is 11.6 Å². The molecule has 0 saturated heterocycles. The van der Waals surface area contributed by atoms with E-state index in [2.05, 4.69) is 15.2 Å². The third-order valence-electron chi connectivity index (χ3n) is 3.32. The van der Waals surface area contributed by atoms with Gasteiger partial charge in [0.2, 0.25) is 0 Å². The number of non-ortho nitro benzene ring substituents is 1. The number of rotatable bonds is 4. The van der Waals surface area contributed by atoms with E-state index < -0.39 is 4.92 Å². The predicted octanol–water partition coefficient (Wildman–Crippen LogP) is 3.19. The number of aromatic nitrogens is 3. The molecule has 0 bridgehead atoms. The molecule has 1 heterocycles. The first-order valence-electron chi connectivity index (χ1n) is 6.65. The second-order valence-electron chi connectivity index (χ2n) is 4.77. The van der Waals surface area contributed by atoms with Crippen LogP contribution in [0.15, 0.2) is 42.5 Å². The lowest BCUT2D eigenvalue weighted by molar-refractivity contribution is -0.384. The van der Waals surface area contributed by atoms with E-state index in [0.717, 1.165) is 0 Å². The monoisotopic (exact) mass is 330 g/mol. The summed E-state index contributed by atoms with van der Waals surface area (Å²) < 4.78 is 0. The second-order valence-corrected chi connectivity index (χ2v) is 5.21. The van der Waals surface area contributed by atoms with Gasteiger partial charge in [-0.2, -0.15) is 5.10 Å². The molecule has 0 radical (unpaired) electrons. The van der Waals surface area contributed by atoms with Crippen LogP contribution in [0.5, 0.6) is 0 Å². The van der Waals surface area contributed by atoms with Crippen LogP contribution < -0.4 is 0 Å². The number of aromatic amines is 1. The number of aliphatic hydroxyl groups excluding tert-OH is 1. The molecule has 2 aromatic carbocycles. The van der Waals surface area contributed by atoms with Crippen molar-refractivity contribution < 1.29 is 10.0 Å². The lowest BCUT2D eigenvalue weighted by Crippen LogP contribution is -1.91. The molecular weight excluding hydrogens is 320 g/mol. The van der Waals surface area contributed by atoms with Crippen molar-refractivity contribution in [3.05, 3.63) is 63.2 Å². The Morgan fingerprint density at radius 1 is 1.22 bits per heavy atom.